The topological polar surface area (TPSA) is 173 Å². The molecule has 0 saturated carbocycles. The summed E-state index contributed by atoms with van der Waals surface area (Å²) in [6.45, 7) is 5.63. The van der Waals surface area contributed by atoms with Gasteiger partial charge in [-0.05, 0) is 52.0 Å². The van der Waals surface area contributed by atoms with Crippen molar-refractivity contribution in [1.29, 1.82) is 0 Å². The van der Waals surface area contributed by atoms with Crippen LogP contribution in [0.2, 0.25) is 5.02 Å². The summed E-state index contributed by atoms with van der Waals surface area (Å²) in [5, 5.41) is 2.83. The Hall–Kier alpha value is -3.23. The van der Waals surface area contributed by atoms with Crippen molar-refractivity contribution in [2.75, 3.05) is 13.7 Å². The number of nitrogens with one attached hydrogen (secondary N) is 2. The lowest BCUT2D eigenvalue weighted by Crippen LogP contribution is -2.37. The molecule has 226 valence electrons. The van der Waals surface area contributed by atoms with Crippen molar-refractivity contribution in [2.24, 2.45) is 0 Å². The quantitative estimate of drug-likeness (QED) is 0.293. The Morgan fingerprint density at radius 2 is 1.93 bits per heavy atom. The zero-order valence-corrected chi connectivity index (χ0v) is 24.4. The Morgan fingerprint density at radius 1 is 1.27 bits per heavy atom. The van der Waals surface area contributed by atoms with Crippen LogP contribution in [0.25, 0.3) is 0 Å². The first-order chi connectivity index (χ1) is 19.1. The number of ether oxygens (including phenoxy) is 4. The van der Waals surface area contributed by atoms with Gasteiger partial charge < -0.3 is 23.5 Å². The molecular formula is C24H30ClFN3O11P. The highest BCUT2D eigenvalue weighted by Gasteiger charge is 2.43. The van der Waals surface area contributed by atoms with E-state index in [1.165, 1.54) is 31.2 Å². The summed E-state index contributed by atoms with van der Waals surface area (Å²) >= 11 is 5.90. The lowest BCUT2D eigenvalue weighted by Gasteiger charge is -2.26. The lowest BCUT2D eigenvalue weighted by molar-refractivity contribution is -0.142. The van der Waals surface area contributed by atoms with Gasteiger partial charge in [-0.25, -0.2) is 14.2 Å². The molecule has 14 nitrogen and oxygen atoms in total. The molecule has 0 aliphatic carbocycles. The second-order valence-electron chi connectivity index (χ2n) is 9.84. The Kier molecular flexibility index (Phi) is 10.4. The van der Waals surface area contributed by atoms with Gasteiger partial charge in [0.1, 0.15) is 35.8 Å². The fourth-order valence-corrected chi connectivity index (χ4v) is 5.21. The minimum Gasteiger partial charge on any atom is -0.468 e. The van der Waals surface area contributed by atoms with Crippen molar-refractivity contribution in [3.8, 4) is 5.75 Å². The fourth-order valence-electron chi connectivity index (χ4n) is 3.58. The summed E-state index contributed by atoms with van der Waals surface area (Å²) in [5.74, 6) is -1.94. The van der Waals surface area contributed by atoms with Crippen LogP contribution < -0.4 is 20.9 Å². The number of nitrogens with zero attached hydrogens (tertiary/aromatic N) is 1. The van der Waals surface area contributed by atoms with Crippen LogP contribution in [0.15, 0.2) is 40.1 Å². The molecule has 0 bridgehead atoms. The molecule has 1 aromatic heterocycles. The number of H-pyrrole nitrogens is 1. The van der Waals surface area contributed by atoms with Gasteiger partial charge in [0, 0.05) is 11.4 Å². The molecule has 3 rings (SSSR count). The summed E-state index contributed by atoms with van der Waals surface area (Å²) < 4.78 is 60.6. The first-order valence-corrected chi connectivity index (χ1v) is 14.1. The van der Waals surface area contributed by atoms with Crippen molar-refractivity contribution in [2.45, 2.75) is 64.2 Å². The number of aromatic amines is 1. The minimum absolute atomic E-state index is 0.0735. The molecule has 1 aliphatic rings. The number of rotatable bonds is 10. The summed E-state index contributed by atoms with van der Waals surface area (Å²) in [6, 6.07) is 4.63. The van der Waals surface area contributed by atoms with Crippen molar-refractivity contribution >= 4 is 31.5 Å². The van der Waals surface area contributed by atoms with E-state index in [4.69, 9.17) is 34.9 Å². The van der Waals surface area contributed by atoms with Gasteiger partial charge in [-0.2, -0.15) is 9.48 Å². The van der Waals surface area contributed by atoms with Crippen molar-refractivity contribution in [1.82, 2.24) is 14.6 Å². The van der Waals surface area contributed by atoms with Gasteiger partial charge in [0.15, 0.2) is 0 Å². The summed E-state index contributed by atoms with van der Waals surface area (Å²) in [7, 11) is -3.23. The zero-order chi connectivity index (χ0) is 30.5. The number of methoxy groups -OCH3 is 1. The van der Waals surface area contributed by atoms with E-state index in [9.17, 15) is 28.1 Å². The molecule has 0 amide bonds. The van der Waals surface area contributed by atoms with Gasteiger partial charge >= 0.3 is 25.6 Å². The highest BCUT2D eigenvalue weighted by molar-refractivity contribution is 7.52. The maximum atomic E-state index is 14.0. The van der Waals surface area contributed by atoms with Crippen LogP contribution in [0.3, 0.4) is 0 Å². The third-order valence-electron chi connectivity index (χ3n) is 5.41. The molecule has 1 saturated heterocycles. The smallest absolute Gasteiger partial charge is 0.468 e. The van der Waals surface area contributed by atoms with Gasteiger partial charge in [-0.1, -0.05) is 11.6 Å². The van der Waals surface area contributed by atoms with E-state index >= 15 is 0 Å². The molecule has 0 radical (unpaired) electrons. The number of benzene rings is 1. The minimum atomic E-state index is -4.36. The number of hydrogen-bond acceptors (Lipinski definition) is 11. The van der Waals surface area contributed by atoms with Gasteiger partial charge in [0.05, 0.1) is 19.9 Å². The standard InChI is InChI=1S/C24H30ClFN3O11P/c1-13(21(31)35-5)28-41(34,40-15-8-6-14(25)7-9-15)36-12-18-17(38-23(33)39-24(2,3)4)10-19(37-18)29-11-16(26)20(30)27-22(29)32/h6-9,11,13,17-19H,10,12H2,1-5H3,(H,28,34)(H,27,30,32)/t13-,17-,18+,19+,41?/m0/s1. The molecule has 41 heavy (non-hydrogen) atoms. The zero-order valence-electron chi connectivity index (χ0n) is 22.8. The van der Waals surface area contributed by atoms with Crippen LogP contribution >= 0.6 is 19.3 Å². The Morgan fingerprint density at radius 3 is 2.54 bits per heavy atom. The molecule has 1 unspecified atom stereocenters. The Bertz CT molecular complexity index is 1410. The predicted molar refractivity (Wildman–Crippen MR) is 141 cm³/mol. The summed E-state index contributed by atoms with van der Waals surface area (Å²) in [5.41, 5.74) is -3.11. The van der Waals surface area contributed by atoms with Gasteiger partial charge in [0.2, 0.25) is 5.82 Å². The number of esters is 1. The van der Waals surface area contributed by atoms with Crippen molar-refractivity contribution in [3.05, 3.63) is 62.1 Å². The number of hydrogen-bond donors (Lipinski definition) is 2. The van der Waals surface area contributed by atoms with Gasteiger partial charge in [-0.3, -0.25) is 23.7 Å². The molecule has 2 N–H and O–H groups in total. The summed E-state index contributed by atoms with van der Waals surface area (Å²) in [4.78, 5) is 50.0. The maximum Gasteiger partial charge on any atom is 0.509 e. The van der Waals surface area contributed by atoms with E-state index in [1.807, 2.05) is 4.98 Å². The van der Waals surface area contributed by atoms with E-state index in [1.54, 1.807) is 20.8 Å². The Labute approximate surface area is 238 Å². The van der Waals surface area contributed by atoms with E-state index < -0.39 is 73.6 Å². The molecule has 1 aromatic carbocycles. The molecule has 17 heteroatoms. The molecule has 0 spiro atoms. The first kappa shape index (κ1) is 32.3. The van der Waals surface area contributed by atoms with Gasteiger partial charge in [-0.15, -0.1) is 0 Å². The lowest BCUT2D eigenvalue weighted by atomic mass is 10.2. The number of carbonyl (C=O) groups is 2. The van der Waals surface area contributed by atoms with Crippen LogP contribution in [-0.4, -0.2) is 59.2 Å². The predicted octanol–water partition coefficient (Wildman–Crippen LogP) is 3.29. The second-order valence-corrected chi connectivity index (χ2v) is 12.0. The van der Waals surface area contributed by atoms with E-state index in [2.05, 4.69) is 9.82 Å². The van der Waals surface area contributed by atoms with Crippen LogP contribution in [-0.2, 0) is 32.8 Å². The fraction of sp³-hybridized carbons (Fsp3) is 0.500. The van der Waals surface area contributed by atoms with Crippen molar-refractivity contribution in [3.63, 3.8) is 0 Å². The number of halogens is 2. The molecule has 1 aliphatic heterocycles. The number of aromatic nitrogens is 2. The molecular weight excluding hydrogens is 592 g/mol. The summed E-state index contributed by atoms with van der Waals surface area (Å²) in [6.07, 6.45) is -4.21. The normalized spacial score (nSPS) is 21.0. The van der Waals surface area contributed by atoms with E-state index in [0.29, 0.717) is 11.2 Å². The van der Waals surface area contributed by atoms with Gasteiger partial charge in [0.25, 0.3) is 5.56 Å². The average Bonchev–Trinajstić information content (AvgIpc) is 3.26. The highest BCUT2D eigenvalue weighted by atomic mass is 35.5. The molecule has 5 atom stereocenters. The van der Waals surface area contributed by atoms with Crippen molar-refractivity contribution < 1.29 is 46.5 Å². The van der Waals surface area contributed by atoms with Crippen LogP contribution in [0, 0.1) is 5.82 Å². The average molecular weight is 622 g/mol. The third kappa shape index (κ3) is 9.13. The van der Waals surface area contributed by atoms with Crippen LogP contribution in [0.5, 0.6) is 5.75 Å². The monoisotopic (exact) mass is 621 g/mol. The molecule has 2 heterocycles. The maximum absolute atomic E-state index is 14.0. The molecule has 1 fully saturated rings. The van der Waals surface area contributed by atoms with E-state index in [0.717, 1.165) is 11.7 Å². The van der Waals surface area contributed by atoms with E-state index in [-0.39, 0.29) is 12.2 Å². The SMILES string of the molecule is COC(=O)[C@H](C)NP(=O)(OC[C@H]1O[C@@H](n2cc(F)c(=O)[nH]c2=O)C[C@@H]1OC(=O)OC(C)(C)C)Oc1ccc(Cl)cc1. The Balaban J connectivity index is 1.87. The first-order valence-electron chi connectivity index (χ1n) is 12.2. The largest absolute Gasteiger partial charge is 0.509 e. The highest BCUT2D eigenvalue weighted by Crippen LogP contribution is 2.46. The van der Waals surface area contributed by atoms with Crippen LogP contribution in [0.4, 0.5) is 9.18 Å². The number of carbonyl (C=O) groups excluding carboxylic acids is 2. The third-order valence-corrected chi connectivity index (χ3v) is 7.30. The second kappa shape index (κ2) is 13.2. The molecule has 2 aromatic rings. The van der Waals surface area contributed by atoms with Crippen LogP contribution in [0.1, 0.15) is 40.3 Å².